The zero-order valence-electron chi connectivity index (χ0n) is 11.1. The lowest BCUT2D eigenvalue weighted by Gasteiger charge is -2.35. The number of hydrogen-bond acceptors (Lipinski definition) is 5. The van der Waals surface area contributed by atoms with Crippen molar-refractivity contribution in [2.75, 3.05) is 31.2 Å². The lowest BCUT2D eigenvalue weighted by Crippen LogP contribution is -2.54. The highest BCUT2D eigenvalue weighted by Gasteiger charge is 2.31. The first-order chi connectivity index (χ1) is 9.63. The molecule has 1 aromatic heterocycles. The van der Waals surface area contributed by atoms with Gasteiger partial charge in [0.1, 0.15) is 11.9 Å². The Bertz CT molecular complexity index is 489. The third kappa shape index (κ3) is 3.59. The maximum Gasteiger partial charge on any atom is 0.245 e. The van der Waals surface area contributed by atoms with Gasteiger partial charge in [-0.1, -0.05) is 6.92 Å². The van der Waals surface area contributed by atoms with Crippen molar-refractivity contribution in [2.24, 2.45) is 0 Å². The van der Waals surface area contributed by atoms with Crippen molar-refractivity contribution >= 4 is 39.3 Å². The van der Waals surface area contributed by atoms with Crippen LogP contribution < -0.4 is 10.2 Å². The summed E-state index contributed by atoms with van der Waals surface area (Å²) in [7, 11) is 0. The summed E-state index contributed by atoms with van der Waals surface area (Å²) in [4.78, 5) is 22.2. The van der Waals surface area contributed by atoms with E-state index in [4.69, 9.17) is 16.3 Å². The molecule has 0 aliphatic carbocycles. The Morgan fingerprint density at radius 2 is 2.50 bits per heavy atom. The number of aromatic nitrogens is 2. The largest absolute Gasteiger partial charge is 0.377 e. The van der Waals surface area contributed by atoms with Crippen LogP contribution in [0.25, 0.3) is 0 Å². The third-order valence-electron chi connectivity index (χ3n) is 2.95. The number of anilines is 1. The van der Waals surface area contributed by atoms with E-state index < -0.39 is 6.04 Å². The molecule has 1 aromatic rings. The summed E-state index contributed by atoms with van der Waals surface area (Å²) in [5.41, 5.74) is 0. The summed E-state index contributed by atoms with van der Waals surface area (Å²) in [6.45, 7) is 4.12. The van der Waals surface area contributed by atoms with Gasteiger partial charge in [-0.15, -0.1) is 0 Å². The van der Waals surface area contributed by atoms with E-state index in [-0.39, 0.29) is 11.2 Å². The fourth-order valence-corrected chi connectivity index (χ4v) is 2.53. The molecule has 110 valence electrons. The van der Waals surface area contributed by atoms with Gasteiger partial charge in [0, 0.05) is 19.3 Å². The normalized spacial score (nSPS) is 18.9. The predicted octanol–water partition coefficient (Wildman–Crippen LogP) is 1.62. The first-order valence-electron chi connectivity index (χ1n) is 6.43. The average molecular weight is 364 g/mol. The minimum absolute atomic E-state index is 0.0619. The number of carbonyl (C=O) groups is 1. The zero-order valence-corrected chi connectivity index (χ0v) is 13.4. The summed E-state index contributed by atoms with van der Waals surface area (Å²) >= 11 is 9.24. The molecule has 1 atom stereocenters. The molecular formula is C12H16BrClN4O2. The Morgan fingerprint density at radius 1 is 1.70 bits per heavy atom. The number of ether oxygens (including phenoxy) is 1. The zero-order chi connectivity index (χ0) is 14.5. The fraction of sp³-hybridized carbons (Fsp3) is 0.583. The molecule has 20 heavy (non-hydrogen) atoms. The van der Waals surface area contributed by atoms with Crippen molar-refractivity contribution in [1.82, 2.24) is 15.3 Å². The van der Waals surface area contributed by atoms with Crippen LogP contribution in [0.1, 0.15) is 13.3 Å². The van der Waals surface area contributed by atoms with Crippen molar-refractivity contribution < 1.29 is 9.53 Å². The molecule has 2 rings (SSSR count). The van der Waals surface area contributed by atoms with Crippen LogP contribution in [0.3, 0.4) is 0 Å². The number of hydrogen-bond donors (Lipinski definition) is 1. The Morgan fingerprint density at radius 3 is 3.25 bits per heavy atom. The Labute approximate surface area is 131 Å². The quantitative estimate of drug-likeness (QED) is 0.824. The van der Waals surface area contributed by atoms with Crippen LogP contribution in [0, 0.1) is 0 Å². The monoisotopic (exact) mass is 362 g/mol. The number of nitrogens with one attached hydrogen (secondary N) is 1. The van der Waals surface area contributed by atoms with Gasteiger partial charge in [-0.05, 0) is 34.0 Å². The summed E-state index contributed by atoms with van der Waals surface area (Å²) in [5.74, 6) is 0.554. The van der Waals surface area contributed by atoms with Gasteiger partial charge in [-0.25, -0.2) is 4.98 Å². The smallest absolute Gasteiger partial charge is 0.245 e. The molecular weight excluding hydrogens is 348 g/mol. The average Bonchev–Trinajstić information content (AvgIpc) is 2.47. The van der Waals surface area contributed by atoms with Crippen molar-refractivity contribution in [1.29, 1.82) is 0 Å². The maximum absolute atomic E-state index is 12.2. The molecule has 6 nitrogen and oxygen atoms in total. The molecule has 1 amide bonds. The molecule has 0 bridgehead atoms. The van der Waals surface area contributed by atoms with Crippen LogP contribution in [0.2, 0.25) is 5.28 Å². The summed E-state index contributed by atoms with van der Waals surface area (Å²) in [5, 5.41) is 3.04. The van der Waals surface area contributed by atoms with Gasteiger partial charge >= 0.3 is 0 Å². The standard InChI is InChI=1S/C12H16BrClN4O2/c1-2-3-15-11(19)9-7-20-5-4-18(9)10-8(13)6-16-12(14)17-10/h6,9H,2-5,7H2,1H3,(H,15,19). The van der Waals surface area contributed by atoms with Crippen LogP contribution in [-0.2, 0) is 9.53 Å². The number of rotatable bonds is 4. The molecule has 1 unspecified atom stereocenters. The second-order valence-electron chi connectivity index (χ2n) is 4.39. The van der Waals surface area contributed by atoms with E-state index in [2.05, 4.69) is 31.2 Å². The van der Waals surface area contributed by atoms with Crippen LogP contribution >= 0.6 is 27.5 Å². The van der Waals surface area contributed by atoms with Crippen molar-refractivity contribution in [3.05, 3.63) is 16.0 Å². The molecule has 8 heteroatoms. The lowest BCUT2D eigenvalue weighted by molar-refractivity contribution is -0.124. The maximum atomic E-state index is 12.2. The molecule has 0 radical (unpaired) electrons. The number of nitrogens with zero attached hydrogens (tertiary/aromatic N) is 3. The van der Waals surface area contributed by atoms with Crippen molar-refractivity contribution in [2.45, 2.75) is 19.4 Å². The van der Waals surface area contributed by atoms with E-state index in [1.54, 1.807) is 6.20 Å². The van der Waals surface area contributed by atoms with Crippen LogP contribution in [0.5, 0.6) is 0 Å². The van der Waals surface area contributed by atoms with E-state index in [0.717, 1.165) is 6.42 Å². The fourth-order valence-electron chi connectivity index (χ4n) is 1.98. The van der Waals surface area contributed by atoms with Gasteiger partial charge in [0.05, 0.1) is 17.7 Å². The predicted molar refractivity (Wildman–Crippen MR) is 80.0 cm³/mol. The number of halogens is 2. The number of carbonyl (C=O) groups excluding carboxylic acids is 1. The van der Waals surface area contributed by atoms with Crippen LogP contribution in [0.4, 0.5) is 5.82 Å². The first-order valence-corrected chi connectivity index (χ1v) is 7.60. The number of morpholine rings is 1. The summed E-state index contributed by atoms with van der Waals surface area (Å²) in [6, 6.07) is -0.405. The molecule has 1 aliphatic heterocycles. The van der Waals surface area contributed by atoms with Crippen LogP contribution in [0.15, 0.2) is 10.7 Å². The Hall–Kier alpha value is -0.920. The highest BCUT2D eigenvalue weighted by Crippen LogP contribution is 2.27. The first kappa shape index (κ1) is 15.5. The van der Waals surface area contributed by atoms with E-state index in [1.807, 2.05) is 11.8 Å². The lowest BCUT2D eigenvalue weighted by atomic mass is 10.2. The van der Waals surface area contributed by atoms with Gasteiger partial charge in [0.2, 0.25) is 11.2 Å². The highest BCUT2D eigenvalue weighted by molar-refractivity contribution is 9.10. The molecule has 1 fully saturated rings. The minimum Gasteiger partial charge on any atom is -0.377 e. The highest BCUT2D eigenvalue weighted by atomic mass is 79.9. The molecule has 1 saturated heterocycles. The van der Waals surface area contributed by atoms with Gasteiger partial charge in [-0.2, -0.15) is 4.98 Å². The van der Waals surface area contributed by atoms with Crippen molar-refractivity contribution in [3.63, 3.8) is 0 Å². The van der Waals surface area contributed by atoms with Crippen LogP contribution in [-0.4, -0.2) is 48.2 Å². The van der Waals surface area contributed by atoms with Crippen molar-refractivity contribution in [3.8, 4) is 0 Å². The van der Waals surface area contributed by atoms with E-state index in [0.29, 0.717) is 36.6 Å². The molecule has 1 N–H and O–H groups in total. The van der Waals surface area contributed by atoms with E-state index in [9.17, 15) is 4.79 Å². The molecule has 2 heterocycles. The summed E-state index contributed by atoms with van der Waals surface area (Å²) < 4.78 is 6.12. The second-order valence-corrected chi connectivity index (χ2v) is 5.58. The molecule has 0 spiro atoms. The third-order valence-corrected chi connectivity index (χ3v) is 3.69. The Kier molecular flexibility index (Phi) is 5.56. The molecule has 0 aromatic carbocycles. The minimum atomic E-state index is -0.405. The van der Waals surface area contributed by atoms with Gasteiger partial charge < -0.3 is 15.0 Å². The van der Waals surface area contributed by atoms with Gasteiger partial charge in [0.15, 0.2) is 0 Å². The van der Waals surface area contributed by atoms with E-state index >= 15 is 0 Å². The number of amides is 1. The SMILES string of the molecule is CCCNC(=O)C1COCCN1c1nc(Cl)ncc1Br. The van der Waals surface area contributed by atoms with Gasteiger partial charge in [0.25, 0.3) is 0 Å². The topological polar surface area (TPSA) is 67.3 Å². The van der Waals surface area contributed by atoms with E-state index in [1.165, 1.54) is 0 Å². The van der Waals surface area contributed by atoms with Gasteiger partial charge in [-0.3, -0.25) is 4.79 Å². The summed E-state index contributed by atoms with van der Waals surface area (Å²) in [6.07, 6.45) is 2.48. The second kappa shape index (κ2) is 7.19. The molecule has 0 saturated carbocycles. The Balaban J connectivity index is 2.22. The molecule has 1 aliphatic rings.